The van der Waals surface area contributed by atoms with E-state index in [2.05, 4.69) is 43.0 Å². The Balaban J connectivity index is 1.45. The molecule has 0 radical (unpaired) electrons. The first-order valence-corrected chi connectivity index (χ1v) is 12.1. The Bertz CT molecular complexity index is 1230. The third kappa shape index (κ3) is 5.66. The molecule has 8 nitrogen and oxygen atoms in total. The van der Waals surface area contributed by atoms with E-state index in [9.17, 15) is 9.59 Å². The van der Waals surface area contributed by atoms with Gasteiger partial charge in [-0.2, -0.15) is 0 Å². The van der Waals surface area contributed by atoms with Crippen molar-refractivity contribution >= 4 is 34.7 Å². The second-order valence-corrected chi connectivity index (χ2v) is 9.36. The van der Waals surface area contributed by atoms with Gasteiger partial charge in [0.2, 0.25) is 5.91 Å². The van der Waals surface area contributed by atoms with E-state index in [1.54, 1.807) is 0 Å². The average Bonchev–Trinajstić information content (AvgIpc) is 3.31. The third-order valence-electron chi connectivity index (χ3n) is 6.61. The third-order valence-corrected chi connectivity index (χ3v) is 6.61. The highest BCUT2D eigenvalue weighted by molar-refractivity contribution is 5.89. The summed E-state index contributed by atoms with van der Waals surface area (Å²) in [4.78, 5) is 36.8. The molecule has 0 aliphatic carbocycles. The number of amides is 1. The number of hydrogen-bond donors (Lipinski definition) is 3. The fourth-order valence-electron chi connectivity index (χ4n) is 4.80. The van der Waals surface area contributed by atoms with Crippen LogP contribution >= 0.6 is 0 Å². The molecule has 1 aromatic heterocycles. The Morgan fingerprint density at radius 1 is 0.914 bits per heavy atom. The zero-order chi connectivity index (χ0) is 24.2. The van der Waals surface area contributed by atoms with Crippen molar-refractivity contribution in [2.45, 2.75) is 45.3 Å². The SMILES string of the molecule is C[C@@H]1CC(=O)[C@@H]2CCCN2Cc2cccc(c2)Nc2cc(ncn2)Nc2cccc(c2)CNC1=O. The summed E-state index contributed by atoms with van der Waals surface area (Å²) in [5, 5.41) is 9.66. The molecule has 2 aromatic carbocycles. The van der Waals surface area contributed by atoms with E-state index in [1.165, 1.54) is 6.33 Å². The predicted molar refractivity (Wildman–Crippen MR) is 136 cm³/mol. The number of carbonyl (C=O) groups is 2. The Morgan fingerprint density at radius 3 is 2.34 bits per heavy atom. The number of carbonyl (C=O) groups excluding carboxylic acids is 2. The van der Waals surface area contributed by atoms with E-state index in [4.69, 9.17) is 0 Å². The summed E-state index contributed by atoms with van der Waals surface area (Å²) in [5.74, 6) is 1.02. The van der Waals surface area contributed by atoms with E-state index < -0.39 is 0 Å². The van der Waals surface area contributed by atoms with Gasteiger partial charge in [0.1, 0.15) is 18.0 Å². The van der Waals surface area contributed by atoms with Crippen molar-refractivity contribution in [2.75, 3.05) is 17.2 Å². The monoisotopic (exact) mass is 470 g/mol. The summed E-state index contributed by atoms with van der Waals surface area (Å²) in [5.41, 5.74) is 3.87. The van der Waals surface area contributed by atoms with E-state index >= 15 is 0 Å². The summed E-state index contributed by atoms with van der Waals surface area (Å²) in [7, 11) is 0. The number of ketones is 1. The zero-order valence-corrected chi connectivity index (χ0v) is 19.8. The van der Waals surface area contributed by atoms with Gasteiger partial charge in [0.15, 0.2) is 5.78 Å². The van der Waals surface area contributed by atoms with Crippen LogP contribution in [0.1, 0.15) is 37.3 Å². The molecule has 5 rings (SSSR count). The second kappa shape index (κ2) is 10.2. The first kappa shape index (κ1) is 23.0. The summed E-state index contributed by atoms with van der Waals surface area (Å²) < 4.78 is 0. The lowest BCUT2D eigenvalue weighted by Crippen LogP contribution is -2.38. The highest BCUT2D eigenvalue weighted by Crippen LogP contribution is 2.26. The maximum absolute atomic E-state index is 13.1. The van der Waals surface area contributed by atoms with Gasteiger partial charge >= 0.3 is 0 Å². The van der Waals surface area contributed by atoms with E-state index in [-0.39, 0.29) is 30.1 Å². The van der Waals surface area contributed by atoms with Gasteiger partial charge in [0.25, 0.3) is 0 Å². The van der Waals surface area contributed by atoms with Gasteiger partial charge in [-0.15, -0.1) is 0 Å². The number of hydrogen-bond acceptors (Lipinski definition) is 7. The van der Waals surface area contributed by atoms with Crippen molar-refractivity contribution < 1.29 is 9.59 Å². The van der Waals surface area contributed by atoms with Crippen LogP contribution in [0.4, 0.5) is 23.0 Å². The highest BCUT2D eigenvalue weighted by Gasteiger charge is 2.32. The minimum Gasteiger partial charge on any atom is -0.352 e. The topological polar surface area (TPSA) is 99.2 Å². The first-order valence-electron chi connectivity index (χ1n) is 12.1. The molecular weight excluding hydrogens is 440 g/mol. The molecular formula is C27H30N6O2. The van der Waals surface area contributed by atoms with Crippen molar-refractivity contribution in [1.82, 2.24) is 20.2 Å². The molecule has 3 heterocycles. The van der Waals surface area contributed by atoms with Crippen LogP contribution in [-0.2, 0) is 22.7 Å². The van der Waals surface area contributed by atoms with E-state index in [0.29, 0.717) is 24.7 Å². The van der Waals surface area contributed by atoms with Crippen molar-refractivity contribution in [3.63, 3.8) is 0 Å². The van der Waals surface area contributed by atoms with Gasteiger partial charge in [0, 0.05) is 42.9 Å². The number of benzene rings is 2. The van der Waals surface area contributed by atoms with Crippen molar-refractivity contribution in [1.29, 1.82) is 0 Å². The van der Waals surface area contributed by atoms with Gasteiger partial charge in [0.05, 0.1) is 6.04 Å². The number of nitrogens with zero attached hydrogens (tertiary/aromatic N) is 3. The van der Waals surface area contributed by atoms with Crippen LogP contribution in [0.2, 0.25) is 0 Å². The molecule has 0 saturated carbocycles. The van der Waals surface area contributed by atoms with Gasteiger partial charge in [-0.1, -0.05) is 31.2 Å². The number of rotatable bonds is 0. The van der Waals surface area contributed by atoms with E-state index in [0.717, 1.165) is 41.9 Å². The largest absolute Gasteiger partial charge is 0.352 e. The van der Waals surface area contributed by atoms with Gasteiger partial charge in [-0.25, -0.2) is 9.97 Å². The summed E-state index contributed by atoms with van der Waals surface area (Å²) >= 11 is 0. The summed E-state index contributed by atoms with van der Waals surface area (Å²) in [6, 6.07) is 17.7. The molecule has 35 heavy (non-hydrogen) atoms. The van der Waals surface area contributed by atoms with Crippen LogP contribution in [0.3, 0.4) is 0 Å². The molecule has 2 atom stereocenters. The molecule has 1 saturated heterocycles. The van der Waals surface area contributed by atoms with Crippen molar-refractivity contribution in [3.8, 4) is 0 Å². The molecule has 3 N–H and O–H groups in total. The molecule has 0 unspecified atom stereocenters. The number of nitrogens with one attached hydrogen (secondary N) is 3. The van der Waals surface area contributed by atoms with Gasteiger partial charge in [-0.05, 0) is 54.8 Å². The minimum atomic E-state index is -0.371. The van der Waals surface area contributed by atoms with Gasteiger partial charge in [-0.3, -0.25) is 14.5 Å². The van der Waals surface area contributed by atoms with Crippen LogP contribution in [-0.4, -0.2) is 39.1 Å². The van der Waals surface area contributed by atoms with Crippen LogP contribution < -0.4 is 16.0 Å². The maximum Gasteiger partial charge on any atom is 0.223 e. The Morgan fingerprint density at radius 2 is 1.60 bits per heavy atom. The van der Waals surface area contributed by atoms with Crippen LogP contribution in [0.15, 0.2) is 60.9 Å². The van der Waals surface area contributed by atoms with Crippen LogP contribution in [0.25, 0.3) is 0 Å². The molecule has 2 aliphatic rings. The zero-order valence-electron chi connectivity index (χ0n) is 19.8. The van der Waals surface area contributed by atoms with Crippen molar-refractivity contribution in [3.05, 3.63) is 72.1 Å². The minimum absolute atomic E-state index is 0.102. The molecule has 2 aliphatic heterocycles. The predicted octanol–water partition coefficient (Wildman–Crippen LogP) is 4.15. The van der Waals surface area contributed by atoms with Crippen molar-refractivity contribution in [2.24, 2.45) is 5.92 Å². The molecule has 180 valence electrons. The standard InChI is InChI=1S/C27H30N6O2/c1-18-11-24(34)23-9-4-10-33(23)16-20-6-3-8-22(13-20)32-26-14-25(29-17-30-26)31-21-7-2-5-19(12-21)15-28-27(18)35/h2-3,5-8,12-14,17-18,23H,4,9-11,15-16H2,1H3,(H,28,35)(H2,29,30,31,32)/t18-,23+/m1/s1. The molecule has 6 bridgehead atoms. The summed E-state index contributed by atoms with van der Waals surface area (Å²) in [6.07, 6.45) is 3.60. The quantitative estimate of drug-likeness (QED) is 0.454. The fraction of sp³-hybridized carbons (Fsp3) is 0.333. The molecule has 0 spiro atoms. The summed E-state index contributed by atoms with van der Waals surface area (Å²) in [6.45, 7) is 3.80. The number of anilines is 4. The highest BCUT2D eigenvalue weighted by atomic mass is 16.2. The number of Topliss-reactive ketones (excluding diaryl/α,β-unsaturated/α-hetero) is 1. The Kier molecular flexibility index (Phi) is 6.72. The lowest BCUT2D eigenvalue weighted by atomic mass is 9.97. The lowest BCUT2D eigenvalue weighted by Gasteiger charge is -2.25. The maximum atomic E-state index is 13.1. The fourth-order valence-corrected chi connectivity index (χ4v) is 4.80. The van der Waals surface area contributed by atoms with E-state index in [1.807, 2.05) is 49.4 Å². The number of fused-ring (bicyclic) bond motifs is 7. The first-order chi connectivity index (χ1) is 17.0. The second-order valence-electron chi connectivity index (χ2n) is 9.36. The van der Waals surface area contributed by atoms with Crippen LogP contribution in [0, 0.1) is 5.92 Å². The lowest BCUT2D eigenvalue weighted by molar-refractivity contribution is -0.131. The van der Waals surface area contributed by atoms with Crippen LogP contribution in [0.5, 0.6) is 0 Å². The number of aromatic nitrogens is 2. The average molecular weight is 471 g/mol. The normalized spacial score (nSPS) is 21.3. The Hall–Kier alpha value is -3.78. The van der Waals surface area contributed by atoms with Gasteiger partial charge < -0.3 is 16.0 Å². The molecule has 1 fully saturated rings. The molecule has 3 aromatic rings. The molecule has 1 amide bonds. The molecule has 8 heteroatoms. The smallest absolute Gasteiger partial charge is 0.223 e. The Labute approximate surface area is 205 Å².